The van der Waals surface area contributed by atoms with E-state index < -0.39 is 40.2 Å². The molecule has 2 aromatic carbocycles. The molecule has 0 fully saturated rings. The Morgan fingerprint density at radius 2 is 1.66 bits per heavy atom. The van der Waals surface area contributed by atoms with Gasteiger partial charge in [-0.05, 0) is 36.4 Å². The monoisotopic (exact) mass is 554 g/mol. The topological polar surface area (TPSA) is 96.6 Å². The Morgan fingerprint density at radius 1 is 0.947 bits per heavy atom. The molecule has 14 heteroatoms. The second-order valence-corrected chi connectivity index (χ2v) is 9.56. The molecule has 0 amide bonds. The lowest BCUT2D eigenvalue weighted by Crippen LogP contribution is -2.26. The fourth-order valence-electron chi connectivity index (χ4n) is 3.37. The first-order valence-electron chi connectivity index (χ1n) is 10.7. The van der Waals surface area contributed by atoms with E-state index in [1.54, 1.807) is 0 Å². The molecule has 7 nitrogen and oxygen atoms in total. The van der Waals surface area contributed by atoms with Crippen molar-refractivity contribution in [3.8, 4) is 23.1 Å². The van der Waals surface area contributed by atoms with Crippen LogP contribution >= 0.6 is 0 Å². The van der Waals surface area contributed by atoms with Crippen LogP contribution in [0, 0.1) is 11.8 Å². The zero-order valence-electron chi connectivity index (χ0n) is 19.0. The first-order chi connectivity index (χ1) is 17.8. The Kier molecular flexibility index (Phi) is 7.20. The maximum Gasteiger partial charge on any atom is 0.433 e. The van der Waals surface area contributed by atoms with Crippen LogP contribution in [0.25, 0.3) is 16.9 Å². The Bertz CT molecular complexity index is 1650. The van der Waals surface area contributed by atoms with E-state index in [9.17, 15) is 34.8 Å². The van der Waals surface area contributed by atoms with Gasteiger partial charge in [0.1, 0.15) is 0 Å². The molecular weight excluding hydrogens is 538 g/mol. The van der Waals surface area contributed by atoms with Gasteiger partial charge in [0.05, 0.1) is 34.5 Å². The minimum absolute atomic E-state index is 0.0133. The van der Waals surface area contributed by atoms with Crippen molar-refractivity contribution < 1.29 is 39.9 Å². The molecule has 0 unspecified atom stereocenters. The van der Waals surface area contributed by atoms with Crippen molar-refractivity contribution in [2.45, 2.75) is 17.2 Å². The number of rotatable bonds is 5. The van der Waals surface area contributed by atoms with Crippen molar-refractivity contribution in [1.82, 2.24) is 19.3 Å². The van der Waals surface area contributed by atoms with Gasteiger partial charge < -0.3 is 5.11 Å². The fraction of sp³-hybridized carbons (Fsp3) is 0.167. The van der Waals surface area contributed by atoms with Crippen LogP contribution in [0.5, 0.6) is 0 Å². The van der Waals surface area contributed by atoms with Crippen LogP contribution in [-0.4, -0.2) is 41.3 Å². The lowest BCUT2D eigenvalue weighted by Gasteiger charge is -2.12. The average Bonchev–Trinajstić information content (AvgIpc) is 3.27. The van der Waals surface area contributed by atoms with Crippen LogP contribution in [0.15, 0.2) is 65.7 Å². The number of aliphatic hydroxyl groups is 1. The van der Waals surface area contributed by atoms with Crippen molar-refractivity contribution in [2.24, 2.45) is 0 Å². The Hall–Kier alpha value is -3.93. The lowest BCUT2D eigenvalue weighted by atomic mass is 10.1. The van der Waals surface area contributed by atoms with Crippen molar-refractivity contribution in [3.05, 3.63) is 83.2 Å². The number of nitrogens with zero attached hydrogens (tertiary/aromatic N) is 3. The third-order valence-corrected chi connectivity index (χ3v) is 6.62. The molecule has 0 atom stereocenters. The molecule has 0 aliphatic heterocycles. The second-order valence-electron chi connectivity index (χ2n) is 7.79. The van der Waals surface area contributed by atoms with E-state index in [2.05, 4.69) is 26.6 Å². The summed E-state index contributed by atoms with van der Waals surface area (Å²) in [5, 5.41) is 12.6. The summed E-state index contributed by atoms with van der Waals surface area (Å²) in [5.41, 5.74) is -2.53. The number of sulfonamides is 1. The lowest BCUT2D eigenvalue weighted by molar-refractivity contribution is -0.142. The molecule has 0 spiro atoms. The van der Waals surface area contributed by atoms with Crippen molar-refractivity contribution in [2.75, 3.05) is 13.2 Å². The van der Waals surface area contributed by atoms with Gasteiger partial charge in [-0.1, -0.05) is 30.0 Å². The third-order valence-electron chi connectivity index (χ3n) is 5.16. The normalized spacial score (nSPS) is 12.4. The number of alkyl halides is 6. The molecule has 4 aromatic rings. The first-order valence-corrected chi connectivity index (χ1v) is 12.1. The zero-order chi connectivity index (χ0) is 27.7. The van der Waals surface area contributed by atoms with E-state index in [0.29, 0.717) is 10.6 Å². The maximum absolute atomic E-state index is 13.8. The standard InChI is InChI=1S/C24H16F6N4O3S/c25-23(26,27)18-8-6-16(7-9-18)20-13-21(24(28,29)30)34-22(33-20)17(14-31-34)5-4-15-2-1-3-19(12-15)38(36,37)32-10-11-35/h1-3,6-9,12-14,32,35H,10-11H2. The number of aromatic nitrogens is 3. The summed E-state index contributed by atoms with van der Waals surface area (Å²) in [6.45, 7) is -0.607. The SMILES string of the molecule is O=S(=O)(NCCO)c1cccc(C#Cc2cnn3c(C(F)(F)F)cc(-c4ccc(C(F)(F)F)cc4)nc23)c1. The molecule has 0 aliphatic rings. The third kappa shape index (κ3) is 5.80. The number of hydrogen-bond acceptors (Lipinski definition) is 5. The summed E-state index contributed by atoms with van der Waals surface area (Å²) in [7, 11) is -3.92. The van der Waals surface area contributed by atoms with Gasteiger partial charge >= 0.3 is 12.4 Å². The summed E-state index contributed by atoms with van der Waals surface area (Å²) in [4.78, 5) is 4.02. The highest BCUT2D eigenvalue weighted by Gasteiger charge is 2.36. The number of fused-ring (bicyclic) bond motifs is 1. The van der Waals surface area contributed by atoms with E-state index in [1.165, 1.54) is 24.3 Å². The molecule has 2 aromatic heterocycles. The Balaban J connectivity index is 1.78. The van der Waals surface area contributed by atoms with Crippen molar-refractivity contribution >= 4 is 15.7 Å². The highest BCUT2D eigenvalue weighted by molar-refractivity contribution is 7.89. The first kappa shape index (κ1) is 27.1. The summed E-state index contributed by atoms with van der Waals surface area (Å²) >= 11 is 0. The molecule has 2 heterocycles. The van der Waals surface area contributed by atoms with Gasteiger partial charge in [-0.15, -0.1) is 0 Å². The van der Waals surface area contributed by atoms with Crippen LogP contribution in [-0.2, 0) is 22.4 Å². The van der Waals surface area contributed by atoms with Crippen LogP contribution in [0.3, 0.4) is 0 Å². The van der Waals surface area contributed by atoms with Gasteiger partial charge in [-0.25, -0.2) is 22.6 Å². The Morgan fingerprint density at radius 3 is 2.29 bits per heavy atom. The molecule has 38 heavy (non-hydrogen) atoms. The predicted molar refractivity (Wildman–Crippen MR) is 123 cm³/mol. The number of benzene rings is 2. The van der Waals surface area contributed by atoms with Crippen LogP contribution < -0.4 is 4.72 Å². The van der Waals surface area contributed by atoms with Gasteiger partial charge in [0, 0.05) is 17.7 Å². The minimum atomic E-state index is -4.87. The molecule has 4 rings (SSSR count). The fourth-order valence-corrected chi connectivity index (χ4v) is 4.44. The summed E-state index contributed by atoms with van der Waals surface area (Å²) in [6, 6.07) is 9.61. The molecule has 0 aliphatic carbocycles. The largest absolute Gasteiger partial charge is 0.433 e. The van der Waals surface area contributed by atoms with E-state index in [4.69, 9.17) is 5.11 Å². The molecule has 0 bridgehead atoms. The predicted octanol–water partition coefficient (Wildman–Crippen LogP) is 4.10. The van der Waals surface area contributed by atoms with Crippen molar-refractivity contribution in [3.63, 3.8) is 0 Å². The zero-order valence-corrected chi connectivity index (χ0v) is 19.8. The molecule has 0 saturated carbocycles. The van der Waals surface area contributed by atoms with Crippen LogP contribution in [0.1, 0.15) is 22.4 Å². The molecular formula is C24H16F6N4O3S. The average molecular weight is 554 g/mol. The maximum atomic E-state index is 13.8. The van der Waals surface area contributed by atoms with Gasteiger partial charge in [-0.3, -0.25) is 0 Å². The summed E-state index contributed by atoms with van der Waals surface area (Å²) in [6.07, 6.45) is -8.44. The highest BCUT2D eigenvalue weighted by Crippen LogP contribution is 2.34. The minimum Gasteiger partial charge on any atom is -0.395 e. The van der Waals surface area contributed by atoms with E-state index >= 15 is 0 Å². The quantitative estimate of drug-likeness (QED) is 0.286. The number of aliphatic hydroxyl groups excluding tert-OH is 1. The van der Waals surface area contributed by atoms with Gasteiger partial charge in [0.15, 0.2) is 11.3 Å². The Labute approximate surface area is 211 Å². The molecule has 0 saturated heterocycles. The van der Waals surface area contributed by atoms with E-state index in [1.807, 2.05) is 0 Å². The number of nitrogens with one attached hydrogen (secondary N) is 1. The number of hydrogen-bond donors (Lipinski definition) is 2. The van der Waals surface area contributed by atoms with E-state index in [-0.39, 0.29) is 39.5 Å². The number of halogens is 6. The summed E-state index contributed by atoms with van der Waals surface area (Å²) < 4.78 is 107. The van der Waals surface area contributed by atoms with Gasteiger partial charge in [-0.2, -0.15) is 31.4 Å². The molecule has 2 N–H and O–H groups in total. The van der Waals surface area contributed by atoms with Gasteiger partial charge in [0.2, 0.25) is 10.0 Å². The van der Waals surface area contributed by atoms with Crippen LogP contribution in [0.2, 0.25) is 0 Å². The van der Waals surface area contributed by atoms with Crippen molar-refractivity contribution in [1.29, 1.82) is 0 Å². The molecule has 198 valence electrons. The van der Waals surface area contributed by atoms with E-state index in [0.717, 1.165) is 30.5 Å². The summed E-state index contributed by atoms with van der Waals surface area (Å²) in [5.74, 6) is 5.28. The highest BCUT2D eigenvalue weighted by atomic mass is 32.2. The molecule has 0 radical (unpaired) electrons. The van der Waals surface area contributed by atoms with Crippen LogP contribution in [0.4, 0.5) is 26.3 Å². The van der Waals surface area contributed by atoms with Gasteiger partial charge in [0.25, 0.3) is 0 Å². The smallest absolute Gasteiger partial charge is 0.395 e. The second kappa shape index (κ2) is 10.1.